The minimum Gasteiger partial charge on any atom is -0.277 e. The SMILES string of the molecule is C/C(=C\C(=NC(C)c1cc(C)cc(-c2ccccc2)c1)c1ccccc1)c1ccccc1.CCCC. The molecule has 0 aliphatic rings. The van der Waals surface area contributed by atoms with E-state index in [0.717, 1.165) is 11.3 Å². The number of aryl methyl sites for hydroxylation is 1. The molecule has 4 aromatic carbocycles. The van der Waals surface area contributed by atoms with Crippen molar-refractivity contribution in [2.24, 2.45) is 4.99 Å². The van der Waals surface area contributed by atoms with E-state index in [4.69, 9.17) is 4.99 Å². The molecule has 0 amide bonds. The smallest absolute Gasteiger partial charge is 0.0728 e. The number of benzene rings is 4. The van der Waals surface area contributed by atoms with E-state index in [-0.39, 0.29) is 6.04 Å². The van der Waals surface area contributed by atoms with Crippen LogP contribution in [0.3, 0.4) is 0 Å². The summed E-state index contributed by atoms with van der Waals surface area (Å²) in [6.07, 6.45) is 4.84. The van der Waals surface area contributed by atoms with Crippen LogP contribution in [0.2, 0.25) is 0 Å². The molecule has 4 aromatic rings. The fraction of sp³-hybridized carbons (Fsp3) is 0.229. The van der Waals surface area contributed by atoms with Crippen LogP contribution >= 0.6 is 0 Å². The van der Waals surface area contributed by atoms with Crippen LogP contribution < -0.4 is 0 Å². The highest BCUT2D eigenvalue weighted by Gasteiger charge is 2.10. The fourth-order valence-electron chi connectivity index (χ4n) is 3.93. The van der Waals surface area contributed by atoms with Gasteiger partial charge in [-0.3, -0.25) is 4.99 Å². The molecule has 0 radical (unpaired) electrons. The van der Waals surface area contributed by atoms with Crippen LogP contribution in [0, 0.1) is 6.92 Å². The molecule has 0 aromatic heterocycles. The second-order valence-electron chi connectivity index (χ2n) is 9.25. The van der Waals surface area contributed by atoms with Crippen molar-refractivity contribution >= 4 is 11.3 Å². The minimum absolute atomic E-state index is 0.0346. The average Bonchev–Trinajstić information content (AvgIpc) is 2.93. The molecule has 0 heterocycles. The van der Waals surface area contributed by atoms with Gasteiger partial charge in [0.15, 0.2) is 0 Å². The summed E-state index contributed by atoms with van der Waals surface area (Å²) in [6.45, 7) is 10.8. The van der Waals surface area contributed by atoms with Gasteiger partial charge in [0.05, 0.1) is 11.8 Å². The maximum Gasteiger partial charge on any atom is 0.0728 e. The third-order valence-electron chi connectivity index (χ3n) is 6.17. The van der Waals surface area contributed by atoms with Crippen molar-refractivity contribution in [1.82, 2.24) is 0 Å². The summed E-state index contributed by atoms with van der Waals surface area (Å²) in [7, 11) is 0. The Bertz CT molecular complexity index is 1250. The van der Waals surface area contributed by atoms with Crippen LogP contribution in [0.4, 0.5) is 0 Å². The van der Waals surface area contributed by atoms with Gasteiger partial charge in [0.2, 0.25) is 0 Å². The first-order chi connectivity index (χ1) is 17.5. The highest BCUT2D eigenvalue weighted by atomic mass is 14.8. The van der Waals surface area contributed by atoms with Crippen LogP contribution in [-0.2, 0) is 0 Å². The van der Waals surface area contributed by atoms with Gasteiger partial charge in [0.1, 0.15) is 0 Å². The molecule has 0 bridgehead atoms. The Hall–Kier alpha value is -3.71. The van der Waals surface area contributed by atoms with E-state index in [0.29, 0.717) is 0 Å². The molecule has 0 aliphatic carbocycles. The van der Waals surface area contributed by atoms with Gasteiger partial charge in [0.25, 0.3) is 0 Å². The highest BCUT2D eigenvalue weighted by Crippen LogP contribution is 2.27. The van der Waals surface area contributed by atoms with Crippen LogP contribution in [-0.4, -0.2) is 5.71 Å². The van der Waals surface area contributed by atoms with Gasteiger partial charge in [-0.15, -0.1) is 0 Å². The van der Waals surface area contributed by atoms with Crippen molar-refractivity contribution < 1.29 is 0 Å². The van der Waals surface area contributed by atoms with Gasteiger partial charge >= 0.3 is 0 Å². The monoisotopic (exact) mass is 473 g/mol. The van der Waals surface area contributed by atoms with E-state index < -0.39 is 0 Å². The van der Waals surface area contributed by atoms with E-state index >= 15 is 0 Å². The van der Waals surface area contributed by atoms with Crippen LogP contribution in [0.15, 0.2) is 120 Å². The third kappa shape index (κ3) is 7.92. The number of hydrogen-bond donors (Lipinski definition) is 0. The van der Waals surface area contributed by atoms with Crippen LogP contribution in [0.25, 0.3) is 16.7 Å². The number of allylic oxidation sites excluding steroid dienone is 2. The first-order valence-electron chi connectivity index (χ1n) is 13.1. The Morgan fingerprint density at radius 3 is 1.78 bits per heavy atom. The highest BCUT2D eigenvalue weighted by molar-refractivity contribution is 6.12. The molecule has 1 atom stereocenters. The molecule has 0 fully saturated rings. The minimum atomic E-state index is 0.0346. The maximum atomic E-state index is 5.20. The Morgan fingerprint density at radius 1 is 0.694 bits per heavy atom. The number of nitrogens with zero attached hydrogens (tertiary/aromatic N) is 1. The Kier molecular flexibility index (Phi) is 10.5. The van der Waals surface area contributed by atoms with Crippen molar-refractivity contribution in [2.75, 3.05) is 0 Å². The van der Waals surface area contributed by atoms with Gasteiger partial charge in [-0.2, -0.15) is 0 Å². The quantitative estimate of drug-likeness (QED) is 0.237. The largest absolute Gasteiger partial charge is 0.277 e. The zero-order valence-corrected chi connectivity index (χ0v) is 22.4. The lowest BCUT2D eigenvalue weighted by atomic mass is 9.97. The van der Waals surface area contributed by atoms with Gasteiger partial charge in [-0.1, -0.05) is 135 Å². The zero-order chi connectivity index (χ0) is 25.8. The van der Waals surface area contributed by atoms with Crippen molar-refractivity contribution in [3.8, 4) is 11.1 Å². The summed E-state index contributed by atoms with van der Waals surface area (Å²) >= 11 is 0. The summed E-state index contributed by atoms with van der Waals surface area (Å²) in [4.78, 5) is 5.20. The molecule has 0 saturated heterocycles. The van der Waals surface area contributed by atoms with Gasteiger partial charge in [-0.25, -0.2) is 0 Å². The first-order valence-corrected chi connectivity index (χ1v) is 13.1. The molecule has 0 saturated carbocycles. The molecule has 1 nitrogen and oxygen atoms in total. The van der Waals surface area contributed by atoms with E-state index in [9.17, 15) is 0 Å². The normalized spacial score (nSPS) is 12.5. The lowest BCUT2D eigenvalue weighted by Crippen LogP contribution is -2.02. The van der Waals surface area contributed by atoms with Gasteiger partial charge in [-0.05, 0) is 66.3 Å². The molecule has 1 unspecified atom stereocenters. The second-order valence-corrected chi connectivity index (χ2v) is 9.25. The second kappa shape index (κ2) is 14.0. The maximum absolute atomic E-state index is 5.20. The Morgan fingerprint density at radius 2 is 1.22 bits per heavy atom. The molecular weight excluding hydrogens is 434 g/mol. The molecule has 4 rings (SSSR count). The van der Waals surface area contributed by atoms with Crippen molar-refractivity contribution in [3.05, 3.63) is 138 Å². The summed E-state index contributed by atoms with van der Waals surface area (Å²) < 4.78 is 0. The number of hydrogen-bond acceptors (Lipinski definition) is 1. The van der Waals surface area contributed by atoms with Crippen molar-refractivity contribution in [3.63, 3.8) is 0 Å². The first kappa shape index (κ1) is 26.9. The predicted molar refractivity (Wildman–Crippen MR) is 159 cm³/mol. The molecule has 0 N–H and O–H groups in total. The van der Waals surface area contributed by atoms with Crippen LogP contribution in [0.5, 0.6) is 0 Å². The molecule has 184 valence electrons. The Balaban J connectivity index is 0.000000840. The van der Waals surface area contributed by atoms with Gasteiger partial charge in [0, 0.05) is 0 Å². The van der Waals surface area contributed by atoms with Crippen molar-refractivity contribution in [2.45, 2.75) is 53.5 Å². The summed E-state index contributed by atoms with van der Waals surface area (Å²) in [5, 5.41) is 0. The number of aliphatic imine (C=N–C) groups is 1. The summed E-state index contributed by atoms with van der Waals surface area (Å²) in [5.41, 5.74) is 9.49. The molecule has 36 heavy (non-hydrogen) atoms. The fourth-order valence-corrected chi connectivity index (χ4v) is 3.93. The van der Waals surface area contributed by atoms with E-state index in [2.05, 4.69) is 138 Å². The standard InChI is InChI=1S/C31H29N.C4H10/c1-23-19-29(22-30(20-23)27-15-9-5-10-16-27)25(3)32-31(28-17-11-6-12-18-28)21-24(2)26-13-7-4-8-14-26;1-3-4-2/h4-22,25H,1-3H3;3-4H2,1-2H3/b24-21+,32-31?;. The zero-order valence-electron chi connectivity index (χ0n) is 22.4. The van der Waals surface area contributed by atoms with E-state index in [1.165, 1.54) is 46.2 Å². The average molecular weight is 474 g/mol. The predicted octanol–water partition coefficient (Wildman–Crippen LogP) is 10.1. The lowest BCUT2D eigenvalue weighted by molar-refractivity contribution is 0.820. The van der Waals surface area contributed by atoms with E-state index in [1.807, 2.05) is 12.1 Å². The molecular formula is C35H39N. The molecule has 0 aliphatic heterocycles. The topological polar surface area (TPSA) is 12.4 Å². The summed E-state index contributed by atoms with van der Waals surface area (Å²) in [5.74, 6) is 0. The van der Waals surface area contributed by atoms with Crippen molar-refractivity contribution in [1.29, 1.82) is 0 Å². The lowest BCUT2D eigenvalue weighted by Gasteiger charge is -2.14. The Labute approximate surface area is 218 Å². The molecule has 1 heteroatoms. The van der Waals surface area contributed by atoms with Crippen LogP contribution in [0.1, 0.15) is 68.8 Å². The molecule has 0 spiro atoms. The summed E-state index contributed by atoms with van der Waals surface area (Å²) in [6, 6.07) is 38.3. The van der Waals surface area contributed by atoms with Gasteiger partial charge < -0.3 is 0 Å². The number of unbranched alkanes of at least 4 members (excludes halogenated alkanes) is 1. The van der Waals surface area contributed by atoms with E-state index in [1.54, 1.807) is 0 Å². The number of rotatable bonds is 7. The third-order valence-corrected chi connectivity index (χ3v) is 6.17.